The number of aliphatic hydroxyl groups excluding tert-OH is 4. The highest BCUT2D eigenvalue weighted by atomic mass is 32.7. The zero-order valence-electron chi connectivity index (χ0n) is 38.2. The maximum Gasteiger partial charge on any atom is 0.428 e. The molecule has 0 aromatic carbocycles. The third kappa shape index (κ3) is 8.95. The molecule has 67 heavy (non-hydrogen) atoms. The fourth-order valence-corrected chi connectivity index (χ4v) is 15.9. The predicted molar refractivity (Wildman–Crippen MR) is 241 cm³/mol. The van der Waals surface area contributed by atoms with Crippen molar-refractivity contribution in [2.24, 2.45) is 46.3 Å². The van der Waals surface area contributed by atoms with Crippen molar-refractivity contribution in [2.75, 3.05) is 26.1 Å². The van der Waals surface area contributed by atoms with E-state index in [0.717, 1.165) is 62.0 Å². The molecule has 9 rings (SSSR count). The van der Waals surface area contributed by atoms with Crippen molar-refractivity contribution in [3.63, 3.8) is 0 Å². The number of aromatic nitrogens is 6. The molecule has 370 valence electrons. The van der Waals surface area contributed by atoms with Crippen LogP contribution < -0.4 is 17.0 Å². The molecule has 2 saturated heterocycles. The third-order valence-electron chi connectivity index (χ3n) is 16.9. The molecule has 4 saturated carbocycles. The number of carbonyl (C=O) groups is 1. The molecule has 6 fully saturated rings. The minimum absolute atomic E-state index is 0.0294. The van der Waals surface area contributed by atoms with Gasteiger partial charge in [0.2, 0.25) is 0 Å². The lowest BCUT2D eigenvalue weighted by atomic mass is 9.43. The van der Waals surface area contributed by atoms with Gasteiger partial charge >= 0.3 is 18.5 Å². The van der Waals surface area contributed by atoms with Gasteiger partial charge in [-0.05, 0) is 104 Å². The first-order chi connectivity index (χ1) is 32.0. The minimum Gasteiger partial charge on any atom is -0.394 e. The van der Waals surface area contributed by atoms with E-state index in [1.165, 1.54) is 26.0 Å². The molecule has 0 amide bonds. The molecule has 18 atom stereocenters. The second-order valence-electron chi connectivity index (χ2n) is 20.2. The number of methoxy groups -OCH3 is 1. The van der Waals surface area contributed by atoms with Crippen LogP contribution in [0.1, 0.15) is 104 Å². The second-order valence-corrected chi connectivity index (χ2v) is 23.7. The Balaban J connectivity index is 0.878. The maximum absolute atomic E-state index is 14.9. The molecule has 0 spiro atoms. The van der Waals surface area contributed by atoms with E-state index < -0.39 is 86.3 Å². The topological polar surface area (TPSA) is 295 Å². The Morgan fingerprint density at radius 1 is 1.03 bits per heavy atom. The number of hydrogen-bond acceptors (Lipinski definition) is 19. The first-order valence-electron chi connectivity index (χ1n) is 23.5. The van der Waals surface area contributed by atoms with Crippen molar-refractivity contribution < 1.29 is 57.2 Å². The summed E-state index contributed by atoms with van der Waals surface area (Å²) in [5.41, 5.74) is 5.02. The van der Waals surface area contributed by atoms with Gasteiger partial charge in [0.1, 0.15) is 42.5 Å². The average Bonchev–Trinajstić information content (AvgIpc) is 4.08. The highest BCUT2D eigenvalue weighted by Gasteiger charge is 2.64. The summed E-state index contributed by atoms with van der Waals surface area (Å²) < 4.78 is 52.9. The van der Waals surface area contributed by atoms with Crippen molar-refractivity contribution in [2.45, 2.75) is 147 Å². The van der Waals surface area contributed by atoms with Gasteiger partial charge in [0.25, 0.3) is 5.56 Å². The number of fused-ring (bicyclic) bond motifs is 6. The van der Waals surface area contributed by atoms with E-state index in [2.05, 4.69) is 40.7 Å². The van der Waals surface area contributed by atoms with Crippen LogP contribution in [0.2, 0.25) is 0 Å². The summed E-state index contributed by atoms with van der Waals surface area (Å²) in [5.74, 6) is 1.48. The fraction of sp³-hybridized carbons (Fsp3) is 0.773. The Kier molecular flexibility index (Phi) is 13.9. The summed E-state index contributed by atoms with van der Waals surface area (Å²) >= 11 is 0.169. The fourth-order valence-electron chi connectivity index (χ4n) is 13.4. The van der Waals surface area contributed by atoms with Crippen LogP contribution >= 0.6 is 18.5 Å². The zero-order chi connectivity index (χ0) is 47.6. The van der Waals surface area contributed by atoms with Crippen LogP contribution in [0, 0.1) is 46.3 Å². The lowest BCUT2D eigenvalue weighted by Gasteiger charge is -2.62. The van der Waals surface area contributed by atoms with Gasteiger partial charge in [0.05, 0.1) is 37.9 Å². The van der Waals surface area contributed by atoms with Gasteiger partial charge < -0.3 is 44.6 Å². The third-order valence-corrected chi connectivity index (χ3v) is 19.7. The van der Waals surface area contributed by atoms with Crippen molar-refractivity contribution in [1.82, 2.24) is 29.1 Å². The molecule has 5 heterocycles. The number of aromatic amines is 1. The summed E-state index contributed by atoms with van der Waals surface area (Å²) in [7, 11) is 1.29. The van der Waals surface area contributed by atoms with Gasteiger partial charge in [-0.25, -0.2) is 24.3 Å². The van der Waals surface area contributed by atoms with E-state index >= 15 is 0 Å². The Labute approximate surface area is 391 Å². The number of ether oxygens (including phenoxy) is 3. The highest BCUT2D eigenvalue weighted by Crippen LogP contribution is 2.69. The molecule has 6 aliphatic rings. The van der Waals surface area contributed by atoms with Gasteiger partial charge in [-0.15, -0.1) is 0 Å². The molecule has 0 radical (unpaired) electrons. The molecule has 4 aliphatic carbocycles. The van der Waals surface area contributed by atoms with E-state index in [1.807, 2.05) is 0 Å². The lowest BCUT2D eigenvalue weighted by molar-refractivity contribution is -0.175. The first kappa shape index (κ1) is 48.7. The molecule has 7 N–H and O–H groups in total. The molecule has 2 aliphatic heterocycles. The van der Waals surface area contributed by atoms with Crippen molar-refractivity contribution in [1.29, 1.82) is 0 Å². The lowest BCUT2D eigenvalue weighted by Crippen LogP contribution is -2.58. The summed E-state index contributed by atoms with van der Waals surface area (Å²) in [6, 6.07) is 1.10. The van der Waals surface area contributed by atoms with Gasteiger partial charge in [-0.2, -0.15) is 0 Å². The van der Waals surface area contributed by atoms with Crippen LogP contribution in [-0.4, -0.2) is 119 Å². The number of nitrogens with two attached hydrogens (primary N) is 1. The summed E-state index contributed by atoms with van der Waals surface area (Å²) in [5, 5.41) is 44.1. The van der Waals surface area contributed by atoms with E-state index in [1.54, 1.807) is 4.57 Å². The van der Waals surface area contributed by atoms with E-state index in [-0.39, 0.29) is 59.1 Å². The summed E-state index contributed by atoms with van der Waals surface area (Å²) in [4.78, 5) is 52.9. The molecule has 14 unspecified atom stereocenters. The van der Waals surface area contributed by atoms with E-state index in [9.17, 15) is 39.4 Å². The van der Waals surface area contributed by atoms with Crippen LogP contribution in [0.5, 0.6) is 0 Å². The number of rotatable bonds is 15. The zero-order valence-corrected chi connectivity index (χ0v) is 39.9. The van der Waals surface area contributed by atoms with E-state index in [4.69, 9.17) is 33.2 Å². The van der Waals surface area contributed by atoms with Gasteiger partial charge in [-0.1, -0.05) is 20.8 Å². The molecule has 21 nitrogen and oxygen atoms in total. The van der Waals surface area contributed by atoms with Crippen LogP contribution in [-0.2, 0) is 36.8 Å². The molecule has 3 aromatic heterocycles. The SMILES string of the molecule is COC1C(OP(=O)(OC[C@H]2O[C@@H](n3cnc4c(N)ncnc43)CC2O)SOC(=O)CCC(C)C2CCC3C4CCC5CC(O)CCC5(C)C4CC(O)C23C)[C@@H](CO)O[C@H]1n1ccc(=O)[nH]c1=O. The Morgan fingerprint density at radius 2 is 1.84 bits per heavy atom. The van der Waals surface area contributed by atoms with Crippen LogP contribution in [0.3, 0.4) is 0 Å². The number of carbonyl (C=O) groups excluding carboxylic acids is 1. The number of hydrogen-bond donors (Lipinski definition) is 6. The van der Waals surface area contributed by atoms with Crippen molar-refractivity contribution in [3.8, 4) is 0 Å². The number of nitrogens with one attached hydrogen (secondary N) is 1. The van der Waals surface area contributed by atoms with Crippen LogP contribution in [0.4, 0.5) is 5.82 Å². The number of imidazole rings is 1. The highest BCUT2D eigenvalue weighted by molar-refractivity contribution is 8.52. The van der Waals surface area contributed by atoms with Gasteiger partial charge in [-0.3, -0.25) is 32.8 Å². The monoisotopic (exact) mass is 977 g/mol. The standard InChI is InChI=1S/C44H64N7O14PS/c1-22(26-8-9-27-25-7-6-23-15-24(53)11-13-43(23,2)28(25)16-32(55)44(26,27)3)5-10-35(57)65-67-66(59,64-37-30(18-52)63-41(38(37)60-4)50-14-12-33(56)49-42(50)58)61-19-31-29(54)17-34(62-31)51-21-48-36-39(45)46-20-47-40(36)51/h12,14,20-32,34,37-38,41,52-55H,5-11,13,15-19H2,1-4H3,(H2,45,46,47)(H,49,56,58)/t22?,23?,24?,25?,26?,27?,28?,29?,30-,31-,32?,34-,37?,38?,41-,43?,44?,66?/m1/s1. The largest absolute Gasteiger partial charge is 0.428 e. The molecular weight excluding hydrogens is 914 g/mol. The van der Waals surface area contributed by atoms with E-state index in [0.29, 0.717) is 41.3 Å². The number of anilines is 1. The average molecular weight is 978 g/mol. The number of nitrogen functional groups attached to an aromatic ring is 1. The second kappa shape index (κ2) is 19.1. The molecule has 0 bridgehead atoms. The smallest absolute Gasteiger partial charge is 0.394 e. The molecule has 3 aromatic rings. The van der Waals surface area contributed by atoms with Gasteiger partial charge in [0, 0.05) is 32.2 Å². The minimum atomic E-state index is -4.64. The Bertz CT molecular complexity index is 2440. The quantitative estimate of drug-likeness (QED) is 0.0936. The van der Waals surface area contributed by atoms with Crippen LogP contribution in [0.15, 0.2) is 34.5 Å². The normalized spacial score (nSPS) is 39.6. The van der Waals surface area contributed by atoms with Crippen molar-refractivity contribution >= 4 is 41.4 Å². The first-order valence-corrected chi connectivity index (χ1v) is 26.4. The van der Waals surface area contributed by atoms with Crippen LogP contribution in [0.25, 0.3) is 11.2 Å². The Morgan fingerprint density at radius 3 is 2.60 bits per heavy atom. The summed E-state index contributed by atoms with van der Waals surface area (Å²) in [6.45, 7) is 0.938. The predicted octanol–water partition coefficient (Wildman–Crippen LogP) is 3.62. The number of H-pyrrole nitrogens is 1. The maximum atomic E-state index is 14.9. The Hall–Kier alpha value is -3.28. The van der Waals surface area contributed by atoms with Gasteiger partial charge in [0.15, 0.2) is 29.4 Å². The molecule has 23 heteroatoms. The number of nitrogens with zero attached hydrogens (tertiary/aromatic N) is 5. The summed E-state index contributed by atoms with van der Waals surface area (Å²) in [6.07, 6.45) is 3.27. The van der Waals surface area contributed by atoms with Crippen molar-refractivity contribution in [3.05, 3.63) is 45.8 Å². The molecular formula is C44H64N7O14PS. The number of aliphatic hydroxyl groups is 4.